The highest BCUT2D eigenvalue weighted by Gasteiger charge is 2.34. The van der Waals surface area contributed by atoms with Gasteiger partial charge in [-0.2, -0.15) is 5.10 Å². The number of H-pyrrole nitrogens is 1. The quantitative estimate of drug-likeness (QED) is 0.436. The molecule has 1 aliphatic rings. The number of nitrogens with one attached hydrogen (secondary N) is 3. The van der Waals surface area contributed by atoms with E-state index in [0.29, 0.717) is 5.39 Å². The molecule has 152 valence electrons. The van der Waals surface area contributed by atoms with Crippen molar-refractivity contribution in [2.24, 2.45) is 4.99 Å². The third-order valence-corrected chi connectivity index (χ3v) is 5.51. The zero-order chi connectivity index (χ0) is 21.1. The molecule has 6 nitrogen and oxygen atoms in total. The van der Waals surface area contributed by atoms with Gasteiger partial charge in [0.15, 0.2) is 0 Å². The van der Waals surface area contributed by atoms with Gasteiger partial charge in [0.1, 0.15) is 0 Å². The highest BCUT2D eigenvalue weighted by atomic mass is 16.1. The van der Waals surface area contributed by atoms with Crippen molar-refractivity contribution < 1.29 is 0 Å². The Hall–Kier alpha value is -3.51. The van der Waals surface area contributed by atoms with E-state index in [0.717, 1.165) is 34.4 Å². The fourth-order valence-electron chi connectivity index (χ4n) is 4.19. The van der Waals surface area contributed by atoms with E-state index in [1.54, 1.807) is 6.20 Å². The molecule has 0 saturated heterocycles. The molecule has 1 aliphatic heterocycles. The van der Waals surface area contributed by atoms with Crippen molar-refractivity contribution in [3.8, 4) is 0 Å². The number of anilines is 1. The number of hydrogen-bond acceptors (Lipinski definition) is 5. The van der Waals surface area contributed by atoms with Crippen molar-refractivity contribution in [2.45, 2.75) is 25.4 Å². The van der Waals surface area contributed by atoms with Gasteiger partial charge in [-0.25, -0.2) is 5.10 Å². The third kappa shape index (κ3) is 3.57. The molecule has 0 amide bonds. The summed E-state index contributed by atoms with van der Waals surface area (Å²) >= 11 is 0. The maximum absolute atomic E-state index is 12.4. The largest absolute Gasteiger partial charge is 0.377 e. The molecular formula is C24H25N5O. The van der Waals surface area contributed by atoms with Gasteiger partial charge in [0.05, 0.1) is 23.0 Å². The minimum absolute atomic E-state index is 0.0270. The molecular weight excluding hydrogens is 374 g/mol. The lowest BCUT2D eigenvalue weighted by molar-refractivity contribution is 0.668. The van der Waals surface area contributed by atoms with Gasteiger partial charge in [0.25, 0.3) is 5.56 Å². The zero-order valence-corrected chi connectivity index (χ0v) is 17.1. The molecule has 4 rings (SSSR count). The molecule has 0 bridgehead atoms. The van der Waals surface area contributed by atoms with Crippen molar-refractivity contribution >= 4 is 23.2 Å². The first-order valence-corrected chi connectivity index (χ1v) is 9.94. The number of aromatic nitrogens is 2. The highest BCUT2D eigenvalue weighted by Crippen LogP contribution is 2.42. The molecule has 30 heavy (non-hydrogen) atoms. The first-order chi connectivity index (χ1) is 14.6. The summed E-state index contributed by atoms with van der Waals surface area (Å²) in [5.74, 6) is -0.0580. The third-order valence-electron chi connectivity index (χ3n) is 5.51. The van der Waals surface area contributed by atoms with Crippen molar-refractivity contribution in [3.05, 3.63) is 93.6 Å². The summed E-state index contributed by atoms with van der Waals surface area (Å²) in [4.78, 5) is 16.2. The number of nitrogens with zero attached hydrogens (tertiary/aromatic N) is 2. The molecule has 0 aliphatic carbocycles. The average Bonchev–Trinajstić information content (AvgIpc) is 2.76. The van der Waals surface area contributed by atoms with Crippen LogP contribution < -0.4 is 16.2 Å². The lowest BCUT2D eigenvalue weighted by Crippen LogP contribution is -2.35. The summed E-state index contributed by atoms with van der Waals surface area (Å²) in [6, 6.07) is 14.2. The van der Waals surface area contributed by atoms with Crippen LogP contribution in [-0.2, 0) is 6.54 Å². The Labute approximate surface area is 175 Å². The minimum Gasteiger partial charge on any atom is -0.377 e. The van der Waals surface area contributed by atoms with Gasteiger partial charge in [0.2, 0.25) is 0 Å². The smallest absolute Gasteiger partial charge is 0.272 e. The maximum atomic E-state index is 12.4. The molecule has 2 heterocycles. The van der Waals surface area contributed by atoms with Gasteiger partial charge >= 0.3 is 0 Å². The van der Waals surface area contributed by atoms with Crippen molar-refractivity contribution in [1.82, 2.24) is 15.5 Å². The molecule has 0 fully saturated rings. The van der Waals surface area contributed by atoms with E-state index in [4.69, 9.17) is 0 Å². The molecule has 2 atom stereocenters. The first-order valence-electron chi connectivity index (χ1n) is 9.94. The van der Waals surface area contributed by atoms with Crippen LogP contribution in [0.1, 0.15) is 29.7 Å². The molecule has 1 aromatic heterocycles. The molecule has 0 saturated carbocycles. The first kappa shape index (κ1) is 19.8. The topological polar surface area (TPSA) is 82.2 Å². The maximum Gasteiger partial charge on any atom is 0.272 e. The summed E-state index contributed by atoms with van der Waals surface area (Å²) in [6.07, 6.45) is 5.59. The molecule has 3 aromatic rings. The van der Waals surface area contributed by atoms with Gasteiger partial charge in [0, 0.05) is 23.8 Å². The second kappa shape index (κ2) is 8.47. The van der Waals surface area contributed by atoms with E-state index in [1.165, 1.54) is 5.56 Å². The summed E-state index contributed by atoms with van der Waals surface area (Å²) < 4.78 is 0. The minimum atomic E-state index is -0.175. The fraction of sp³-hybridized carbons (Fsp3) is 0.208. The monoisotopic (exact) mass is 399 g/mol. The number of aromatic amines is 1. The van der Waals surface area contributed by atoms with Crippen LogP contribution in [0.4, 0.5) is 5.69 Å². The summed E-state index contributed by atoms with van der Waals surface area (Å²) in [6.45, 7) is 6.37. The molecule has 0 spiro atoms. The van der Waals surface area contributed by atoms with Crippen LogP contribution in [0.5, 0.6) is 0 Å². The molecule has 2 aromatic carbocycles. The summed E-state index contributed by atoms with van der Waals surface area (Å²) in [5.41, 5.74) is 5.11. The number of aliphatic imine (C=N–C) groups is 1. The van der Waals surface area contributed by atoms with E-state index in [-0.39, 0.29) is 17.5 Å². The Morgan fingerprint density at radius 3 is 2.93 bits per heavy atom. The molecule has 6 heteroatoms. The van der Waals surface area contributed by atoms with Gasteiger partial charge in [-0.3, -0.25) is 9.79 Å². The molecule has 0 radical (unpaired) electrons. The summed E-state index contributed by atoms with van der Waals surface area (Å²) in [5, 5.41) is 15.6. The van der Waals surface area contributed by atoms with E-state index in [2.05, 4.69) is 63.7 Å². The second-order valence-corrected chi connectivity index (χ2v) is 7.48. The zero-order valence-electron chi connectivity index (χ0n) is 17.1. The van der Waals surface area contributed by atoms with Crippen LogP contribution in [0.25, 0.3) is 10.8 Å². The fourth-order valence-corrected chi connectivity index (χ4v) is 4.19. The lowest BCUT2D eigenvalue weighted by Gasteiger charge is -2.35. The Morgan fingerprint density at radius 2 is 2.13 bits per heavy atom. The lowest BCUT2D eigenvalue weighted by atomic mass is 9.79. The number of benzene rings is 2. The van der Waals surface area contributed by atoms with Gasteiger partial charge < -0.3 is 10.6 Å². The Bertz CT molecular complexity index is 1210. The number of rotatable bonds is 6. The number of allylic oxidation sites excluding steroid dienone is 2. The summed E-state index contributed by atoms with van der Waals surface area (Å²) in [7, 11) is 1.94. The van der Waals surface area contributed by atoms with Gasteiger partial charge in [-0.15, -0.1) is 0 Å². The van der Waals surface area contributed by atoms with Gasteiger partial charge in [-0.1, -0.05) is 42.0 Å². The Kier molecular flexibility index (Phi) is 5.59. The van der Waals surface area contributed by atoms with Crippen molar-refractivity contribution in [1.29, 1.82) is 0 Å². The van der Waals surface area contributed by atoms with Crippen LogP contribution in [0, 0.1) is 0 Å². The average molecular weight is 399 g/mol. The Morgan fingerprint density at radius 1 is 1.30 bits per heavy atom. The molecule has 3 N–H and O–H groups in total. The Balaban J connectivity index is 1.93. The van der Waals surface area contributed by atoms with Crippen LogP contribution in [0.15, 0.2) is 76.2 Å². The van der Waals surface area contributed by atoms with Crippen LogP contribution in [-0.4, -0.2) is 30.0 Å². The van der Waals surface area contributed by atoms with E-state index in [9.17, 15) is 4.79 Å². The van der Waals surface area contributed by atoms with Crippen LogP contribution in [0.3, 0.4) is 0 Å². The van der Waals surface area contributed by atoms with Crippen molar-refractivity contribution in [2.75, 3.05) is 12.4 Å². The SMILES string of the molecule is C=N/C=C\C=C(/C)C1Nc2cccc3c(=O)[nH]nc(c23)C1c1cccc(CNC)c1. The molecule has 2 unspecified atom stereocenters. The van der Waals surface area contributed by atoms with Crippen LogP contribution >= 0.6 is 0 Å². The van der Waals surface area contributed by atoms with E-state index >= 15 is 0 Å². The highest BCUT2D eigenvalue weighted by molar-refractivity contribution is 5.97. The van der Waals surface area contributed by atoms with E-state index in [1.807, 2.05) is 37.4 Å². The second-order valence-electron chi connectivity index (χ2n) is 7.48. The normalized spacial score (nSPS) is 18.5. The van der Waals surface area contributed by atoms with Gasteiger partial charge in [-0.05, 0) is 50.0 Å². The predicted molar refractivity (Wildman–Crippen MR) is 123 cm³/mol. The number of hydrogen-bond donors (Lipinski definition) is 3. The predicted octanol–water partition coefficient (Wildman–Crippen LogP) is 3.73. The van der Waals surface area contributed by atoms with Crippen LogP contribution in [0.2, 0.25) is 0 Å². The standard InChI is InChI=1S/C24H25N5O/c1-15(7-6-12-25-2)22-20(17-9-4-8-16(13-17)14-26-3)23-21-18(24(30)29-28-23)10-5-11-19(21)27-22/h4-13,20,22,26-27H,2,14H2,1,3H3,(H,29,30)/b12-6-,15-7+. The van der Waals surface area contributed by atoms with Crippen molar-refractivity contribution in [3.63, 3.8) is 0 Å². The van der Waals surface area contributed by atoms with E-state index < -0.39 is 0 Å².